The number of allylic oxidation sites excluding steroid dienone is 2. The van der Waals surface area contributed by atoms with Crippen molar-refractivity contribution in [1.29, 1.82) is 5.26 Å². The molecule has 0 atom stereocenters. The highest BCUT2D eigenvalue weighted by Crippen LogP contribution is 2.45. The van der Waals surface area contributed by atoms with Crippen LogP contribution in [-0.2, 0) is 24.7 Å². The lowest BCUT2D eigenvalue weighted by Crippen LogP contribution is -2.28. The maximum atomic E-state index is 9.57. The fourth-order valence-corrected chi connectivity index (χ4v) is 4.54. The second-order valence-electron chi connectivity index (χ2n) is 8.20. The van der Waals surface area contributed by atoms with E-state index in [1.165, 1.54) is 45.3 Å². The van der Waals surface area contributed by atoms with E-state index < -0.39 is 0 Å². The Morgan fingerprint density at radius 3 is 2.31 bits per heavy atom. The first-order valence-corrected chi connectivity index (χ1v) is 10.1. The number of nitriles is 1. The van der Waals surface area contributed by atoms with Crippen LogP contribution in [0.4, 0.5) is 0 Å². The number of fused-ring (bicyclic) bond motifs is 5. The average Bonchev–Trinajstić information content (AvgIpc) is 2.77. The molecular formula is C26H25N3. The molecule has 0 saturated carbocycles. The molecule has 2 aliphatic rings. The minimum absolute atomic E-state index is 0.0510. The van der Waals surface area contributed by atoms with Crippen LogP contribution in [0, 0.1) is 11.3 Å². The van der Waals surface area contributed by atoms with Crippen molar-refractivity contribution >= 4 is 0 Å². The molecule has 2 aliphatic carbocycles. The van der Waals surface area contributed by atoms with Crippen molar-refractivity contribution in [3.63, 3.8) is 0 Å². The fraction of sp³-hybridized carbons (Fsp3) is 0.269. The normalized spacial score (nSPS) is 15.8. The Bertz CT molecular complexity index is 1090. The number of nitrogens with zero attached hydrogens (tertiary/aromatic N) is 3. The molecule has 29 heavy (non-hydrogen) atoms. The third kappa shape index (κ3) is 3.36. The molecule has 144 valence electrons. The van der Waals surface area contributed by atoms with Crippen molar-refractivity contribution < 1.29 is 0 Å². The van der Waals surface area contributed by atoms with E-state index in [4.69, 9.17) is 0 Å². The van der Waals surface area contributed by atoms with Gasteiger partial charge in [-0.15, -0.1) is 0 Å². The van der Waals surface area contributed by atoms with E-state index in [0.29, 0.717) is 0 Å². The SMILES string of the molecule is CC1=C(C#N)Cc2c(ccc3c2CCc2ccccc2-3)C1(C)C.c1cncnc1. The first kappa shape index (κ1) is 19.1. The first-order valence-electron chi connectivity index (χ1n) is 10.1. The zero-order chi connectivity index (χ0) is 20.4. The van der Waals surface area contributed by atoms with Crippen LogP contribution in [0.2, 0.25) is 0 Å². The summed E-state index contributed by atoms with van der Waals surface area (Å²) in [6.45, 7) is 6.62. The molecule has 0 N–H and O–H groups in total. The predicted octanol–water partition coefficient (Wildman–Crippen LogP) is 5.60. The quantitative estimate of drug-likeness (QED) is 0.511. The van der Waals surface area contributed by atoms with Gasteiger partial charge in [-0.2, -0.15) is 5.26 Å². The predicted molar refractivity (Wildman–Crippen MR) is 116 cm³/mol. The van der Waals surface area contributed by atoms with Gasteiger partial charge in [-0.1, -0.05) is 50.2 Å². The van der Waals surface area contributed by atoms with E-state index in [9.17, 15) is 5.26 Å². The third-order valence-electron chi connectivity index (χ3n) is 6.41. The topological polar surface area (TPSA) is 49.6 Å². The standard InChI is InChI=1S/C22H21N.C4H4N2/c1-14-16(13-23)12-20-19-9-8-15-6-4-5-7-17(15)18(19)10-11-21(20)22(14,2)3;1-2-5-4-6-3-1/h4-7,10-11H,8-9,12H2,1-3H3;1-4H. The number of aryl methyl sites for hydroxylation is 1. The Morgan fingerprint density at radius 2 is 1.66 bits per heavy atom. The Kier molecular flexibility index (Phi) is 5.03. The highest BCUT2D eigenvalue weighted by atomic mass is 14.8. The largest absolute Gasteiger partial charge is 0.245 e. The Balaban J connectivity index is 0.000000294. The van der Waals surface area contributed by atoms with E-state index in [0.717, 1.165) is 24.8 Å². The molecule has 1 heterocycles. The Labute approximate surface area is 172 Å². The van der Waals surface area contributed by atoms with Gasteiger partial charge >= 0.3 is 0 Å². The van der Waals surface area contributed by atoms with Crippen LogP contribution in [-0.4, -0.2) is 9.97 Å². The molecule has 0 unspecified atom stereocenters. The van der Waals surface area contributed by atoms with Gasteiger partial charge in [-0.25, -0.2) is 9.97 Å². The van der Waals surface area contributed by atoms with Gasteiger partial charge in [0.1, 0.15) is 6.33 Å². The minimum atomic E-state index is -0.0510. The molecular weight excluding hydrogens is 354 g/mol. The van der Waals surface area contributed by atoms with Gasteiger partial charge in [-0.05, 0) is 64.8 Å². The number of hydrogen-bond acceptors (Lipinski definition) is 3. The number of aromatic nitrogens is 2. The zero-order valence-corrected chi connectivity index (χ0v) is 17.2. The summed E-state index contributed by atoms with van der Waals surface area (Å²) in [5.74, 6) is 0. The van der Waals surface area contributed by atoms with E-state index in [2.05, 4.69) is 73.2 Å². The molecule has 0 bridgehead atoms. The van der Waals surface area contributed by atoms with Gasteiger partial charge in [0.2, 0.25) is 0 Å². The van der Waals surface area contributed by atoms with Gasteiger partial charge < -0.3 is 0 Å². The molecule has 0 spiro atoms. The van der Waals surface area contributed by atoms with Crippen molar-refractivity contribution in [3.05, 3.63) is 94.6 Å². The fourth-order valence-electron chi connectivity index (χ4n) is 4.54. The van der Waals surface area contributed by atoms with Crippen LogP contribution >= 0.6 is 0 Å². The lowest BCUT2D eigenvalue weighted by molar-refractivity contribution is 0.593. The van der Waals surface area contributed by atoms with Gasteiger partial charge in [0.15, 0.2) is 0 Å². The molecule has 0 amide bonds. The zero-order valence-electron chi connectivity index (χ0n) is 17.2. The van der Waals surface area contributed by atoms with Crippen LogP contribution in [0.25, 0.3) is 11.1 Å². The maximum Gasteiger partial charge on any atom is 0.115 e. The van der Waals surface area contributed by atoms with Crippen molar-refractivity contribution in [2.24, 2.45) is 0 Å². The van der Waals surface area contributed by atoms with Crippen molar-refractivity contribution in [2.75, 3.05) is 0 Å². The van der Waals surface area contributed by atoms with E-state index in [1.54, 1.807) is 18.5 Å². The molecule has 0 fully saturated rings. The van der Waals surface area contributed by atoms with Crippen molar-refractivity contribution in [2.45, 2.75) is 45.4 Å². The highest BCUT2D eigenvalue weighted by molar-refractivity contribution is 5.76. The summed E-state index contributed by atoms with van der Waals surface area (Å²) in [5, 5.41) is 9.57. The van der Waals surface area contributed by atoms with Gasteiger partial charge in [0.25, 0.3) is 0 Å². The van der Waals surface area contributed by atoms with Crippen LogP contribution in [0.5, 0.6) is 0 Å². The van der Waals surface area contributed by atoms with E-state index >= 15 is 0 Å². The highest BCUT2D eigenvalue weighted by Gasteiger charge is 2.34. The van der Waals surface area contributed by atoms with Gasteiger partial charge in [-0.3, -0.25) is 0 Å². The van der Waals surface area contributed by atoms with E-state index in [-0.39, 0.29) is 5.41 Å². The minimum Gasteiger partial charge on any atom is -0.245 e. The van der Waals surface area contributed by atoms with Crippen LogP contribution in [0.3, 0.4) is 0 Å². The number of rotatable bonds is 0. The Morgan fingerprint density at radius 1 is 0.897 bits per heavy atom. The summed E-state index contributed by atoms with van der Waals surface area (Å²) in [7, 11) is 0. The lowest BCUT2D eigenvalue weighted by atomic mass is 9.66. The average molecular weight is 380 g/mol. The van der Waals surface area contributed by atoms with Crippen LogP contribution in [0.1, 0.15) is 43.0 Å². The second kappa shape index (κ2) is 7.64. The van der Waals surface area contributed by atoms with Gasteiger partial charge in [0, 0.05) is 29.8 Å². The third-order valence-corrected chi connectivity index (χ3v) is 6.41. The van der Waals surface area contributed by atoms with Gasteiger partial charge in [0.05, 0.1) is 6.07 Å². The van der Waals surface area contributed by atoms with Crippen molar-refractivity contribution in [1.82, 2.24) is 9.97 Å². The summed E-state index contributed by atoms with van der Waals surface area (Å²) < 4.78 is 0. The molecule has 1 aromatic heterocycles. The molecule has 0 radical (unpaired) electrons. The molecule has 0 aliphatic heterocycles. The smallest absolute Gasteiger partial charge is 0.115 e. The lowest BCUT2D eigenvalue weighted by Gasteiger charge is -2.37. The molecule has 0 saturated heterocycles. The summed E-state index contributed by atoms with van der Waals surface area (Å²) >= 11 is 0. The summed E-state index contributed by atoms with van der Waals surface area (Å²) in [5.41, 5.74) is 10.6. The maximum absolute atomic E-state index is 9.57. The monoisotopic (exact) mass is 379 g/mol. The molecule has 3 aromatic rings. The first-order chi connectivity index (χ1) is 14.0. The number of hydrogen-bond donors (Lipinski definition) is 0. The second-order valence-corrected chi connectivity index (χ2v) is 8.20. The van der Waals surface area contributed by atoms with E-state index in [1.807, 2.05) is 0 Å². The Hall–Kier alpha value is -3.25. The summed E-state index contributed by atoms with van der Waals surface area (Å²) in [4.78, 5) is 7.35. The summed E-state index contributed by atoms with van der Waals surface area (Å²) in [6, 6.07) is 17.6. The van der Waals surface area contributed by atoms with Crippen LogP contribution in [0.15, 0.2) is 72.3 Å². The molecule has 3 heteroatoms. The summed E-state index contributed by atoms with van der Waals surface area (Å²) in [6.07, 6.45) is 7.86. The molecule has 5 rings (SSSR count). The van der Waals surface area contributed by atoms with Crippen LogP contribution < -0.4 is 0 Å². The molecule has 2 aromatic carbocycles. The van der Waals surface area contributed by atoms with Crippen molar-refractivity contribution in [3.8, 4) is 17.2 Å². The number of benzene rings is 2. The molecule has 3 nitrogen and oxygen atoms in total.